The molecule has 16 heavy (non-hydrogen) atoms. The highest BCUT2D eigenvalue weighted by Gasteiger charge is 2.32. The van der Waals surface area contributed by atoms with Gasteiger partial charge in [0, 0.05) is 0 Å². The summed E-state index contributed by atoms with van der Waals surface area (Å²) in [5, 5.41) is 0. The van der Waals surface area contributed by atoms with Crippen LogP contribution < -0.4 is 0 Å². The lowest BCUT2D eigenvalue weighted by molar-refractivity contribution is -0.160. The number of esters is 2. The molecule has 0 radical (unpaired) electrons. The number of halogens is 1. The smallest absolute Gasteiger partial charge is 0.376 e. The van der Waals surface area contributed by atoms with Gasteiger partial charge in [0.2, 0.25) is 0 Å². The summed E-state index contributed by atoms with van der Waals surface area (Å²) >= 11 is 2.80. The average molecular weight is 295 g/mol. The van der Waals surface area contributed by atoms with Crippen molar-refractivity contribution in [3.63, 3.8) is 0 Å². The molecule has 0 N–H and O–H groups in total. The molecule has 1 unspecified atom stereocenters. The molecule has 0 aromatic rings. The summed E-state index contributed by atoms with van der Waals surface area (Å²) in [6.45, 7) is 6.52. The van der Waals surface area contributed by atoms with Gasteiger partial charge in [-0.05, 0) is 27.7 Å². The van der Waals surface area contributed by atoms with E-state index >= 15 is 0 Å². The molecular weight excluding hydrogens is 280 g/mol. The van der Waals surface area contributed by atoms with Crippen LogP contribution in [0.5, 0.6) is 0 Å². The van der Waals surface area contributed by atoms with E-state index in [1.165, 1.54) is 0 Å². The molecule has 0 saturated heterocycles. The van der Waals surface area contributed by atoms with E-state index in [1.807, 2.05) is 0 Å². The predicted molar refractivity (Wildman–Crippen MR) is 60.2 cm³/mol. The Labute approximate surface area is 103 Å². The van der Waals surface area contributed by atoms with Gasteiger partial charge in [-0.15, -0.1) is 0 Å². The number of Topliss-reactive ketones (excluding diaryl/α,β-unsaturated/α-hetero) is 1. The van der Waals surface area contributed by atoms with Crippen LogP contribution in [-0.2, 0) is 23.9 Å². The first-order valence-electron chi connectivity index (χ1n) is 4.85. The summed E-state index contributed by atoms with van der Waals surface area (Å²) in [4.78, 5) is 32.5. The maximum atomic E-state index is 11.4. The van der Waals surface area contributed by atoms with Crippen molar-refractivity contribution in [2.45, 2.75) is 44.7 Å². The Kier molecular flexibility index (Phi) is 6.25. The van der Waals surface area contributed by atoms with Crippen LogP contribution in [0.3, 0.4) is 0 Å². The van der Waals surface area contributed by atoms with E-state index in [0.717, 1.165) is 0 Å². The van der Waals surface area contributed by atoms with Gasteiger partial charge in [-0.25, -0.2) is 4.79 Å². The fourth-order valence-electron chi connectivity index (χ4n) is 0.775. The number of carbonyl (C=O) groups excluding carboxylic acids is 3. The summed E-state index contributed by atoms with van der Waals surface area (Å²) in [6, 6.07) is 0. The second kappa shape index (κ2) is 6.62. The van der Waals surface area contributed by atoms with E-state index in [4.69, 9.17) is 4.74 Å². The van der Waals surface area contributed by atoms with Crippen molar-refractivity contribution in [1.82, 2.24) is 0 Å². The van der Waals surface area contributed by atoms with Crippen LogP contribution in [0.15, 0.2) is 0 Å². The second-order valence-corrected chi connectivity index (χ2v) is 4.58. The molecule has 6 heteroatoms. The fraction of sp³-hybridized carbons (Fsp3) is 0.700. The molecule has 0 heterocycles. The highest BCUT2D eigenvalue weighted by Crippen LogP contribution is 2.08. The molecule has 92 valence electrons. The number of rotatable bonds is 5. The van der Waals surface area contributed by atoms with Gasteiger partial charge in [0.1, 0.15) is 0 Å². The fourth-order valence-corrected chi connectivity index (χ4v) is 1.07. The molecule has 0 fully saturated rings. The van der Waals surface area contributed by atoms with Crippen LogP contribution >= 0.6 is 15.9 Å². The van der Waals surface area contributed by atoms with Crippen LogP contribution in [0.2, 0.25) is 0 Å². The van der Waals surface area contributed by atoms with E-state index in [9.17, 15) is 14.4 Å². The Balaban J connectivity index is 4.38. The monoisotopic (exact) mass is 294 g/mol. The van der Waals surface area contributed by atoms with Crippen molar-refractivity contribution in [1.29, 1.82) is 0 Å². The van der Waals surface area contributed by atoms with E-state index < -0.39 is 28.7 Å². The first kappa shape index (κ1) is 15.1. The Morgan fingerprint density at radius 2 is 1.38 bits per heavy atom. The normalized spacial score (nSPS) is 12.4. The van der Waals surface area contributed by atoms with E-state index in [-0.39, 0.29) is 6.10 Å². The van der Waals surface area contributed by atoms with Crippen molar-refractivity contribution in [3.05, 3.63) is 0 Å². The molecular formula is C10H15BrO5. The maximum absolute atomic E-state index is 11.4. The predicted octanol–water partition coefficient (Wildman–Crippen LogP) is 1.22. The van der Waals surface area contributed by atoms with Crippen LogP contribution in [0.25, 0.3) is 0 Å². The molecule has 1 atom stereocenters. The number of hydrogen-bond donors (Lipinski definition) is 0. The quantitative estimate of drug-likeness (QED) is 0.330. The Bertz CT molecular complexity index is 285. The summed E-state index contributed by atoms with van der Waals surface area (Å²) in [5.74, 6) is -2.79. The van der Waals surface area contributed by atoms with Gasteiger partial charge in [-0.3, -0.25) is 9.59 Å². The van der Waals surface area contributed by atoms with Gasteiger partial charge in [0.05, 0.1) is 12.2 Å². The molecule has 0 aliphatic heterocycles. The molecule has 0 aliphatic rings. The maximum Gasteiger partial charge on any atom is 0.376 e. The zero-order valence-electron chi connectivity index (χ0n) is 9.65. The standard InChI is InChI=1S/C10H15BrO5/c1-5(2)15-9(13)7(11)8(12)10(14)16-6(3)4/h5-7H,1-4H3. The van der Waals surface area contributed by atoms with Crippen molar-refractivity contribution in [3.8, 4) is 0 Å². The van der Waals surface area contributed by atoms with Crippen LogP contribution in [-0.4, -0.2) is 34.8 Å². The lowest BCUT2D eigenvalue weighted by Crippen LogP contribution is -2.35. The zero-order valence-corrected chi connectivity index (χ0v) is 11.2. The van der Waals surface area contributed by atoms with Gasteiger partial charge in [0.15, 0.2) is 4.83 Å². The number of carbonyl (C=O) groups is 3. The number of hydrogen-bond acceptors (Lipinski definition) is 5. The largest absolute Gasteiger partial charge is 0.462 e. The van der Waals surface area contributed by atoms with Crippen LogP contribution in [0.4, 0.5) is 0 Å². The van der Waals surface area contributed by atoms with Crippen molar-refractivity contribution in [2.75, 3.05) is 0 Å². The molecule has 0 aromatic heterocycles. The molecule has 0 spiro atoms. The third-order valence-electron chi connectivity index (χ3n) is 1.33. The first-order chi connectivity index (χ1) is 7.25. The average Bonchev–Trinajstić information content (AvgIpc) is 2.13. The van der Waals surface area contributed by atoms with Crippen molar-refractivity contribution >= 4 is 33.7 Å². The number of alkyl halides is 1. The Morgan fingerprint density at radius 1 is 0.938 bits per heavy atom. The van der Waals surface area contributed by atoms with Gasteiger partial charge in [-0.2, -0.15) is 0 Å². The highest BCUT2D eigenvalue weighted by atomic mass is 79.9. The third-order valence-corrected chi connectivity index (χ3v) is 2.12. The topological polar surface area (TPSA) is 69.7 Å². The molecule has 0 bridgehead atoms. The van der Waals surface area contributed by atoms with Gasteiger partial charge < -0.3 is 9.47 Å². The lowest BCUT2D eigenvalue weighted by Gasteiger charge is -2.12. The van der Waals surface area contributed by atoms with Gasteiger partial charge >= 0.3 is 11.9 Å². The molecule has 5 nitrogen and oxygen atoms in total. The Hall–Kier alpha value is -0.910. The number of ether oxygens (including phenoxy) is 2. The van der Waals surface area contributed by atoms with E-state index in [1.54, 1.807) is 27.7 Å². The zero-order chi connectivity index (χ0) is 12.9. The first-order valence-corrected chi connectivity index (χ1v) is 5.76. The molecule has 0 aromatic carbocycles. The van der Waals surface area contributed by atoms with E-state index in [2.05, 4.69) is 20.7 Å². The SMILES string of the molecule is CC(C)OC(=O)C(=O)C(Br)C(=O)OC(C)C. The number of ketones is 1. The minimum Gasteiger partial charge on any atom is -0.462 e. The summed E-state index contributed by atoms with van der Waals surface area (Å²) in [5.41, 5.74) is 0. The van der Waals surface area contributed by atoms with E-state index in [0.29, 0.717) is 0 Å². The van der Waals surface area contributed by atoms with Gasteiger partial charge in [-0.1, -0.05) is 15.9 Å². The summed E-state index contributed by atoms with van der Waals surface area (Å²) in [7, 11) is 0. The molecule has 0 amide bonds. The van der Waals surface area contributed by atoms with Gasteiger partial charge in [0.25, 0.3) is 5.78 Å². The molecule has 0 aliphatic carbocycles. The van der Waals surface area contributed by atoms with Crippen LogP contribution in [0, 0.1) is 0 Å². The Morgan fingerprint density at radius 3 is 1.75 bits per heavy atom. The molecule has 0 rings (SSSR count). The second-order valence-electron chi connectivity index (χ2n) is 3.67. The lowest BCUT2D eigenvalue weighted by atomic mass is 10.3. The van der Waals surface area contributed by atoms with Crippen molar-refractivity contribution in [2.24, 2.45) is 0 Å². The summed E-state index contributed by atoms with van der Waals surface area (Å²) in [6.07, 6.45) is -0.751. The van der Waals surface area contributed by atoms with Crippen LogP contribution in [0.1, 0.15) is 27.7 Å². The minimum absolute atomic E-state index is 0.346. The highest BCUT2D eigenvalue weighted by molar-refractivity contribution is 9.10. The minimum atomic E-state index is -1.30. The molecule has 0 saturated carbocycles. The van der Waals surface area contributed by atoms with Crippen molar-refractivity contribution < 1.29 is 23.9 Å². The summed E-state index contributed by atoms with van der Waals surface area (Å²) < 4.78 is 9.44. The third kappa shape index (κ3) is 5.25.